The van der Waals surface area contributed by atoms with Gasteiger partial charge in [0.05, 0.1) is 0 Å². The van der Waals surface area contributed by atoms with Gasteiger partial charge in [0.1, 0.15) is 0 Å². The van der Waals surface area contributed by atoms with E-state index in [4.69, 9.17) is 0 Å². The lowest BCUT2D eigenvalue weighted by Crippen LogP contribution is -2.45. The van der Waals surface area contributed by atoms with Gasteiger partial charge in [0, 0.05) is 29.5 Å². The lowest BCUT2D eigenvalue weighted by molar-refractivity contribution is -0.119. The number of rotatable bonds is 4. The number of hydrogen-bond acceptors (Lipinski definition) is 2. The number of hydrogen-bond donors (Lipinski definition) is 2. The van der Waals surface area contributed by atoms with Crippen LogP contribution in [0.25, 0.3) is 0 Å². The molecule has 102 valence electrons. The van der Waals surface area contributed by atoms with Crippen LogP contribution in [0.3, 0.4) is 0 Å². The van der Waals surface area contributed by atoms with Crippen LogP contribution in [0.2, 0.25) is 0 Å². The average molecular weight is 323 g/mol. The van der Waals surface area contributed by atoms with E-state index in [0.717, 1.165) is 13.0 Å². The third-order valence-electron chi connectivity index (χ3n) is 4.22. The molecule has 2 N–H and O–H groups in total. The van der Waals surface area contributed by atoms with Gasteiger partial charge in [0.2, 0.25) is 5.91 Å². The Bertz CT molecular complexity index is 471. The zero-order valence-electron chi connectivity index (χ0n) is 10.9. The van der Waals surface area contributed by atoms with Crippen LogP contribution in [0.5, 0.6) is 0 Å². The largest absolute Gasteiger partial charge is 0.352 e. The van der Waals surface area contributed by atoms with Crippen LogP contribution in [0, 0.1) is 0 Å². The van der Waals surface area contributed by atoms with Gasteiger partial charge in [-0.2, -0.15) is 0 Å². The van der Waals surface area contributed by atoms with Gasteiger partial charge in [-0.15, -0.1) is 0 Å². The first kappa shape index (κ1) is 13.1. The van der Waals surface area contributed by atoms with Crippen LogP contribution in [-0.2, 0) is 4.79 Å². The summed E-state index contributed by atoms with van der Waals surface area (Å²) in [5.74, 6) is 0.873. The highest BCUT2D eigenvalue weighted by Crippen LogP contribution is 2.39. The number of amides is 1. The molecule has 1 aliphatic heterocycles. The molecule has 1 unspecified atom stereocenters. The second kappa shape index (κ2) is 5.63. The summed E-state index contributed by atoms with van der Waals surface area (Å²) in [4.78, 5) is 11.1. The van der Waals surface area contributed by atoms with E-state index < -0.39 is 0 Å². The van der Waals surface area contributed by atoms with Crippen molar-refractivity contribution in [2.45, 2.75) is 43.7 Å². The molecule has 2 fully saturated rings. The van der Waals surface area contributed by atoms with E-state index in [9.17, 15) is 4.79 Å². The van der Waals surface area contributed by atoms with E-state index in [2.05, 4.69) is 50.8 Å². The topological polar surface area (TPSA) is 41.1 Å². The Balaban J connectivity index is 1.43. The van der Waals surface area contributed by atoms with Crippen molar-refractivity contribution < 1.29 is 4.79 Å². The molecule has 19 heavy (non-hydrogen) atoms. The fourth-order valence-electron chi connectivity index (χ4n) is 2.98. The molecule has 1 atom stereocenters. The van der Waals surface area contributed by atoms with Gasteiger partial charge in [-0.1, -0.05) is 34.1 Å². The quantitative estimate of drug-likeness (QED) is 0.894. The normalized spacial score (nSPS) is 29.9. The number of halogens is 1. The summed E-state index contributed by atoms with van der Waals surface area (Å²) in [7, 11) is 0. The van der Waals surface area contributed by atoms with Crippen molar-refractivity contribution in [2.24, 2.45) is 0 Å². The van der Waals surface area contributed by atoms with Crippen LogP contribution < -0.4 is 10.6 Å². The minimum Gasteiger partial charge on any atom is -0.352 e. The first-order valence-corrected chi connectivity index (χ1v) is 7.79. The molecule has 4 heteroatoms. The van der Waals surface area contributed by atoms with Gasteiger partial charge < -0.3 is 10.6 Å². The van der Waals surface area contributed by atoms with Crippen molar-refractivity contribution in [3.05, 3.63) is 34.3 Å². The summed E-state index contributed by atoms with van der Waals surface area (Å²) < 4.78 is 1.22. The zero-order valence-corrected chi connectivity index (χ0v) is 12.4. The summed E-state index contributed by atoms with van der Waals surface area (Å²) in [5.41, 5.74) is 1.43. The Morgan fingerprint density at radius 1 is 1.32 bits per heavy atom. The standard InChI is InChI=1S/C15H19BrN2O/c16-14-4-2-1-3-13(14)10-7-12(8-10)17-9-11-5-6-15(19)18-11/h1-4,10-12,17H,5-9H2,(H,18,19). The molecule has 1 aliphatic carbocycles. The van der Waals surface area contributed by atoms with Crippen molar-refractivity contribution in [1.82, 2.24) is 10.6 Å². The highest BCUT2D eigenvalue weighted by molar-refractivity contribution is 9.10. The average Bonchev–Trinajstić information content (AvgIpc) is 2.75. The van der Waals surface area contributed by atoms with Crippen molar-refractivity contribution in [1.29, 1.82) is 0 Å². The summed E-state index contributed by atoms with van der Waals surface area (Å²) in [5, 5.41) is 6.57. The molecule has 1 aromatic rings. The van der Waals surface area contributed by atoms with Gasteiger partial charge >= 0.3 is 0 Å². The molecule has 0 radical (unpaired) electrons. The Morgan fingerprint density at radius 3 is 2.79 bits per heavy atom. The number of carbonyl (C=O) groups excluding carboxylic acids is 1. The predicted octanol–water partition coefficient (Wildman–Crippen LogP) is 2.56. The lowest BCUT2D eigenvalue weighted by atomic mass is 9.76. The number of carbonyl (C=O) groups is 1. The van der Waals surface area contributed by atoms with Crippen LogP contribution in [0.15, 0.2) is 28.7 Å². The van der Waals surface area contributed by atoms with E-state index in [1.165, 1.54) is 22.9 Å². The molecule has 3 nitrogen and oxygen atoms in total. The lowest BCUT2D eigenvalue weighted by Gasteiger charge is -2.37. The van der Waals surface area contributed by atoms with Crippen LogP contribution >= 0.6 is 15.9 Å². The summed E-state index contributed by atoms with van der Waals surface area (Å²) >= 11 is 3.62. The molecule has 1 saturated heterocycles. The number of benzene rings is 1. The smallest absolute Gasteiger partial charge is 0.220 e. The van der Waals surface area contributed by atoms with E-state index in [-0.39, 0.29) is 5.91 Å². The third kappa shape index (κ3) is 3.00. The van der Waals surface area contributed by atoms with Crippen molar-refractivity contribution >= 4 is 21.8 Å². The second-order valence-electron chi connectivity index (χ2n) is 5.60. The van der Waals surface area contributed by atoms with Crippen LogP contribution in [0.1, 0.15) is 37.2 Å². The molecule has 3 rings (SSSR count). The van der Waals surface area contributed by atoms with E-state index in [1.807, 2.05) is 0 Å². The maximum Gasteiger partial charge on any atom is 0.220 e. The van der Waals surface area contributed by atoms with Crippen molar-refractivity contribution in [2.75, 3.05) is 6.54 Å². The molecule has 1 aromatic carbocycles. The van der Waals surface area contributed by atoms with Crippen LogP contribution in [-0.4, -0.2) is 24.5 Å². The molecule has 0 bridgehead atoms. The van der Waals surface area contributed by atoms with Crippen molar-refractivity contribution in [3.63, 3.8) is 0 Å². The highest BCUT2D eigenvalue weighted by atomic mass is 79.9. The Morgan fingerprint density at radius 2 is 2.11 bits per heavy atom. The first-order valence-electron chi connectivity index (χ1n) is 6.99. The van der Waals surface area contributed by atoms with E-state index in [1.54, 1.807) is 0 Å². The Hall–Kier alpha value is -0.870. The molecular formula is C15H19BrN2O. The highest BCUT2D eigenvalue weighted by Gasteiger charge is 2.32. The zero-order chi connectivity index (χ0) is 13.2. The Labute approximate surface area is 122 Å². The van der Waals surface area contributed by atoms with Gasteiger partial charge in [0.25, 0.3) is 0 Å². The number of nitrogens with one attached hydrogen (secondary N) is 2. The van der Waals surface area contributed by atoms with Gasteiger partial charge in [0.15, 0.2) is 0 Å². The summed E-state index contributed by atoms with van der Waals surface area (Å²) in [6.45, 7) is 0.916. The summed E-state index contributed by atoms with van der Waals surface area (Å²) in [6, 6.07) is 9.44. The summed E-state index contributed by atoms with van der Waals surface area (Å²) in [6.07, 6.45) is 4.06. The molecule has 0 spiro atoms. The molecule has 1 heterocycles. The molecular weight excluding hydrogens is 304 g/mol. The first-order chi connectivity index (χ1) is 9.22. The molecule has 0 aromatic heterocycles. The predicted molar refractivity (Wildman–Crippen MR) is 79.1 cm³/mol. The molecule has 1 saturated carbocycles. The monoisotopic (exact) mass is 322 g/mol. The third-order valence-corrected chi connectivity index (χ3v) is 4.94. The SMILES string of the molecule is O=C1CCC(CNC2CC(c3ccccc3Br)C2)N1. The van der Waals surface area contributed by atoms with Crippen molar-refractivity contribution in [3.8, 4) is 0 Å². The van der Waals surface area contributed by atoms with E-state index in [0.29, 0.717) is 24.4 Å². The maximum atomic E-state index is 11.1. The van der Waals surface area contributed by atoms with Gasteiger partial charge in [-0.05, 0) is 36.8 Å². The minimum absolute atomic E-state index is 0.200. The van der Waals surface area contributed by atoms with E-state index >= 15 is 0 Å². The van der Waals surface area contributed by atoms with Gasteiger partial charge in [-0.25, -0.2) is 0 Å². The Kier molecular flexibility index (Phi) is 3.89. The molecule has 2 aliphatic rings. The second-order valence-corrected chi connectivity index (χ2v) is 6.45. The van der Waals surface area contributed by atoms with Crippen LogP contribution in [0.4, 0.5) is 0 Å². The fraction of sp³-hybridized carbons (Fsp3) is 0.533. The fourth-order valence-corrected chi connectivity index (χ4v) is 3.59. The minimum atomic E-state index is 0.200. The van der Waals surface area contributed by atoms with Gasteiger partial charge in [-0.3, -0.25) is 4.79 Å². The molecule has 1 amide bonds. The maximum absolute atomic E-state index is 11.1.